The number of aliphatic imine (C=N–C) groups is 1. The van der Waals surface area contributed by atoms with Gasteiger partial charge in [0.25, 0.3) is 0 Å². The Morgan fingerprint density at radius 1 is 1.20 bits per heavy atom. The summed E-state index contributed by atoms with van der Waals surface area (Å²) in [6.07, 6.45) is 1.27. The number of carbonyl (C=O) groups is 1. The SMILES string of the molecule is CCCN1CC(=Nc2c(C#N)cccc2-c2ccc(C)cc2)CC1=O. The Labute approximate surface area is 148 Å². The fourth-order valence-electron chi connectivity index (χ4n) is 3.08. The number of nitrogens with zero attached hydrogens (tertiary/aromatic N) is 3. The molecular formula is C21H21N3O. The fourth-order valence-corrected chi connectivity index (χ4v) is 3.08. The monoisotopic (exact) mass is 331 g/mol. The molecule has 0 spiro atoms. The average Bonchev–Trinajstić information content (AvgIpc) is 2.96. The van der Waals surface area contributed by atoms with Crippen LogP contribution in [0.1, 0.15) is 30.9 Å². The van der Waals surface area contributed by atoms with Gasteiger partial charge in [0.15, 0.2) is 0 Å². The molecular weight excluding hydrogens is 310 g/mol. The number of amides is 1. The van der Waals surface area contributed by atoms with Crippen molar-refractivity contribution < 1.29 is 4.79 Å². The van der Waals surface area contributed by atoms with E-state index in [1.54, 1.807) is 6.07 Å². The number of aryl methyl sites for hydroxylation is 1. The number of hydrogen-bond donors (Lipinski definition) is 0. The average molecular weight is 331 g/mol. The Hall–Kier alpha value is -2.93. The molecule has 3 rings (SSSR count). The molecule has 2 aromatic rings. The second-order valence-corrected chi connectivity index (χ2v) is 6.35. The summed E-state index contributed by atoms with van der Waals surface area (Å²) in [5, 5.41) is 9.50. The van der Waals surface area contributed by atoms with E-state index in [4.69, 9.17) is 4.99 Å². The number of hydrogen-bond acceptors (Lipinski definition) is 3. The predicted molar refractivity (Wildman–Crippen MR) is 99.9 cm³/mol. The zero-order chi connectivity index (χ0) is 17.8. The van der Waals surface area contributed by atoms with Gasteiger partial charge in [-0.05, 0) is 25.0 Å². The van der Waals surface area contributed by atoms with Gasteiger partial charge in [-0.15, -0.1) is 0 Å². The Bertz CT molecular complexity index is 860. The van der Waals surface area contributed by atoms with E-state index in [0.29, 0.717) is 24.2 Å². The highest BCUT2D eigenvalue weighted by Crippen LogP contribution is 2.34. The first-order valence-corrected chi connectivity index (χ1v) is 8.56. The first-order valence-electron chi connectivity index (χ1n) is 8.56. The molecule has 0 N–H and O–H groups in total. The van der Waals surface area contributed by atoms with Gasteiger partial charge in [0.05, 0.1) is 24.2 Å². The molecule has 0 unspecified atom stereocenters. The largest absolute Gasteiger partial charge is 0.337 e. The normalized spacial score (nSPS) is 15.6. The number of para-hydroxylation sites is 1. The maximum atomic E-state index is 12.1. The van der Waals surface area contributed by atoms with Gasteiger partial charge in [0.2, 0.25) is 5.91 Å². The summed E-state index contributed by atoms with van der Waals surface area (Å²) in [7, 11) is 0. The maximum absolute atomic E-state index is 12.1. The molecule has 4 nitrogen and oxygen atoms in total. The van der Waals surface area contributed by atoms with Crippen LogP contribution in [-0.2, 0) is 4.79 Å². The fraction of sp³-hybridized carbons (Fsp3) is 0.286. The van der Waals surface area contributed by atoms with Crippen molar-refractivity contribution in [3.63, 3.8) is 0 Å². The minimum Gasteiger partial charge on any atom is -0.337 e. The second kappa shape index (κ2) is 7.31. The maximum Gasteiger partial charge on any atom is 0.228 e. The predicted octanol–water partition coefficient (Wildman–Crippen LogP) is 4.25. The van der Waals surface area contributed by atoms with E-state index >= 15 is 0 Å². The number of nitriles is 1. The third-order valence-electron chi connectivity index (χ3n) is 4.36. The highest BCUT2D eigenvalue weighted by molar-refractivity contribution is 6.09. The quantitative estimate of drug-likeness (QED) is 0.841. The molecule has 0 aliphatic carbocycles. The lowest BCUT2D eigenvalue weighted by Crippen LogP contribution is -2.25. The molecule has 1 saturated heterocycles. The van der Waals surface area contributed by atoms with Crippen LogP contribution in [0, 0.1) is 18.3 Å². The molecule has 0 radical (unpaired) electrons. The third kappa shape index (κ3) is 3.61. The summed E-state index contributed by atoms with van der Waals surface area (Å²) < 4.78 is 0. The van der Waals surface area contributed by atoms with E-state index in [2.05, 4.69) is 13.0 Å². The molecule has 0 saturated carbocycles. The molecule has 0 bridgehead atoms. The topological polar surface area (TPSA) is 56.5 Å². The van der Waals surface area contributed by atoms with Crippen molar-refractivity contribution in [2.24, 2.45) is 4.99 Å². The standard InChI is InChI=1S/C21H21N3O/c1-3-11-24-14-18(12-20(24)25)23-21-17(13-22)5-4-6-19(21)16-9-7-15(2)8-10-16/h4-10H,3,11-12,14H2,1-2H3. The Morgan fingerprint density at radius 3 is 2.64 bits per heavy atom. The molecule has 0 atom stereocenters. The van der Waals surface area contributed by atoms with E-state index in [1.165, 1.54) is 5.56 Å². The number of benzene rings is 2. The van der Waals surface area contributed by atoms with Crippen molar-refractivity contribution in [2.45, 2.75) is 26.7 Å². The molecule has 1 amide bonds. The van der Waals surface area contributed by atoms with Crippen LogP contribution in [0.2, 0.25) is 0 Å². The summed E-state index contributed by atoms with van der Waals surface area (Å²) >= 11 is 0. The van der Waals surface area contributed by atoms with E-state index < -0.39 is 0 Å². The Balaban J connectivity index is 2.04. The minimum atomic E-state index is 0.118. The Kier molecular flexibility index (Phi) is 4.95. The van der Waals surface area contributed by atoms with Gasteiger partial charge in [-0.3, -0.25) is 9.79 Å². The van der Waals surface area contributed by atoms with Gasteiger partial charge in [-0.1, -0.05) is 48.9 Å². The summed E-state index contributed by atoms with van der Waals surface area (Å²) in [6, 6.07) is 16.0. The van der Waals surface area contributed by atoms with Crippen LogP contribution >= 0.6 is 0 Å². The second-order valence-electron chi connectivity index (χ2n) is 6.35. The molecule has 126 valence electrons. The number of likely N-dealkylation sites (tertiary alicyclic amines) is 1. The highest BCUT2D eigenvalue weighted by atomic mass is 16.2. The van der Waals surface area contributed by atoms with Gasteiger partial charge < -0.3 is 4.90 Å². The lowest BCUT2D eigenvalue weighted by Gasteiger charge is -2.13. The van der Waals surface area contributed by atoms with Gasteiger partial charge >= 0.3 is 0 Å². The lowest BCUT2D eigenvalue weighted by molar-refractivity contribution is -0.127. The van der Waals surface area contributed by atoms with E-state index in [0.717, 1.165) is 29.8 Å². The zero-order valence-corrected chi connectivity index (χ0v) is 14.6. The van der Waals surface area contributed by atoms with Gasteiger partial charge in [0, 0.05) is 17.8 Å². The van der Waals surface area contributed by atoms with Crippen molar-refractivity contribution >= 4 is 17.3 Å². The number of carbonyl (C=O) groups excluding carboxylic acids is 1. The lowest BCUT2D eigenvalue weighted by atomic mass is 9.99. The number of rotatable bonds is 4. The van der Waals surface area contributed by atoms with Crippen LogP contribution in [0.4, 0.5) is 5.69 Å². The van der Waals surface area contributed by atoms with Gasteiger partial charge in [-0.25, -0.2) is 0 Å². The van der Waals surface area contributed by atoms with E-state index in [1.807, 2.05) is 48.2 Å². The van der Waals surface area contributed by atoms with Crippen molar-refractivity contribution in [1.82, 2.24) is 4.90 Å². The highest BCUT2D eigenvalue weighted by Gasteiger charge is 2.25. The smallest absolute Gasteiger partial charge is 0.228 e. The summed E-state index contributed by atoms with van der Waals surface area (Å²) in [6.45, 7) is 5.41. The van der Waals surface area contributed by atoms with Crippen LogP contribution in [0.25, 0.3) is 11.1 Å². The van der Waals surface area contributed by atoms with Crippen molar-refractivity contribution in [3.05, 3.63) is 53.6 Å². The van der Waals surface area contributed by atoms with Crippen LogP contribution in [0.15, 0.2) is 47.5 Å². The van der Waals surface area contributed by atoms with Gasteiger partial charge in [-0.2, -0.15) is 5.26 Å². The van der Waals surface area contributed by atoms with E-state index in [-0.39, 0.29) is 5.91 Å². The summed E-state index contributed by atoms with van der Waals surface area (Å²) in [5.74, 6) is 0.118. The molecule has 1 heterocycles. The first-order chi connectivity index (χ1) is 12.1. The summed E-state index contributed by atoms with van der Waals surface area (Å²) in [4.78, 5) is 18.7. The van der Waals surface area contributed by atoms with Gasteiger partial charge in [0.1, 0.15) is 6.07 Å². The van der Waals surface area contributed by atoms with Crippen molar-refractivity contribution in [3.8, 4) is 17.2 Å². The minimum absolute atomic E-state index is 0.118. The molecule has 25 heavy (non-hydrogen) atoms. The zero-order valence-electron chi connectivity index (χ0n) is 14.6. The first kappa shape index (κ1) is 16.9. The van der Waals surface area contributed by atoms with Crippen molar-refractivity contribution in [1.29, 1.82) is 5.26 Å². The summed E-state index contributed by atoms with van der Waals surface area (Å²) in [5.41, 5.74) is 5.16. The molecule has 1 fully saturated rings. The molecule has 2 aromatic carbocycles. The van der Waals surface area contributed by atoms with Crippen LogP contribution in [-0.4, -0.2) is 29.6 Å². The third-order valence-corrected chi connectivity index (χ3v) is 4.36. The van der Waals surface area contributed by atoms with Crippen LogP contribution < -0.4 is 0 Å². The van der Waals surface area contributed by atoms with Crippen LogP contribution in [0.3, 0.4) is 0 Å². The van der Waals surface area contributed by atoms with Crippen LogP contribution in [0.5, 0.6) is 0 Å². The molecule has 0 aromatic heterocycles. The van der Waals surface area contributed by atoms with E-state index in [9.17, 15) is 10.1 Å². The van der Waals surface area contributed by atoms with Crippen molar-refractivity contribution in [2.75, 3.05) is 13.1 Å². The molecule has 4 heteroatoms. The molecule has 1 aliphatic rings. The Morgan fingerprint density at radius 2 is 1.96 bits per heavy atom. The molecule has 1 aliphatic heterocycles.